The number of nitrogens with one attached hydrogen (secondary N) is 1. The molecule has 1 saturated carbocycles. The number of carboxylic acids is 1. The number of aliphatic carboxylic acids is 1. The Morgan fingerprint density at radius 1 is 1.53 bits per heavy atom. The van der Waals surface area contributed by atoms with Gasteiger partial charge in [0.05, 0.1) is 0 Å². The molecule has 0 atom stereocenters. The van der Waals surface area contributed by atoms with Crippen molar-refractivity contribution in [2.75, 3.05) is 13.6 Å². The molecule has 1 fully saturated rings. The van der Waals surface area contributed by atoms with Gasteiger partial charge in [-0.15, -0.1) is 0 Å². The fourth-order valence-corrected chi connectivity index (χ4v) is 1.92. The van der Waals surface area contributed by atoms with Gasteiger partial charge in [-0.05, 0) is 30.9 Å². The van der Waals surface area contributed by atoms with E-state index in [9.17, 15) is 9.59 Å². The van der Waals surface area contributed by atoms with Crippen LogP contribution >= 0.6 is 0 Å². The number of aromatic amines is 1. The molecule has 1 aliphatic rings. The highest BCUT2D eigenvalue weighted by molar-refractivity contribution is 6.04. The average Bonchev–Trinajstić information content (AvgIpc) is 2.96. The number of aromatic nitrogens is 1. The smallest absolute Gasteiger partial charge is 0.319 e. The van der Waals surface area contributed by atoms with Crippen LogP contribution in [0.5, 0.6) is 0 Å². The Morgan fingerprint density at radius 2 is 2.24 bits per heavy atom. The Labute approximate surface area is 99.4 Å². The molecule has 1 aliphatic carbocycles. The third-order valence-corrected chi connectivity index (χ3v) is 3.31. The fraction of sp³-hybridized carbons (Fsp3) is 0.500. The van der Waals surface area contributed by atoms with Crippen molar-refractivity contribution in [2.45, 2.75) is 19.3 Å². The number of carbonyl (C=O) groups is 2. The Balaban J connectivity index is 1.90. The van der Waals surface area contributed by atoms with Crippen molar-refractivity contribution in [3.63, 3.8) is 0 Å². The van der Waals surface area contributed by atoms with Gasteiger partial charge in [0.1, 0.15) is 5.41 Å². The van der Waals surface area contributed by atoms with Crippen LogP contribution < -0.4 is 0 Å². The van der Waals surface area contributed by atoms with E-state index in [-0.39, 0.29) is 5.91 Å². The molecule has 2 N–H and O–H groups in total. The summed E-state index contributed by atoms with van der Waals surface area (Å²) in [5, 5.41) is 9.02. The molecule has 0 bridgehead atoms. The van der Waals surface area contributed by atoms with E-state index in [2.05, 4.69) is 4.98 Å². The Bertz CT molecular complexity index is 421. The predicted octanol–water partition coefficient (Wildman–Crippen LogP) is 0.880. The molecule has 0 aromatic carbocycles. The van der Waals surface area contributed by atoms with Gasteiger partial charge in [0, 0.05) is 26.0 Å². The summed E-state index contributed by atoms with van der Waals surface area (Å²) in [4.78, 5) is 27.4. The van der Waals surface area contributed by atoms with Crippen LogP contribution in [0, 0.1) is 5.41 Å². The van der Waals surface area contributed by atoms with Crippen LogP contribution in [0.1, 0.15) is 18.4 Å². The van der Waals surface area contributed by atoms with Gasteiger partial charge >= 0.3 is 5.97 Å². The number of nitrogens with zero attached hydrogens (tertiary/aromatic N) is 1. The van der Waals surface area contributed by atoms with E-state index in [4.69, 9.17) is 5.11 Å². The lowest BCUT2D eigenvalue weighted by molar-refractivity contribution is -0.152. The van der Waals surface area contributed by atoms with Crippen LogP contribution in [0.2, 0.25) is 0 Å². The minimum absolute atomic E-state index is 0.263. The summed E-state index contributed by atoms with van der Waals surface area (Å²) in [7, 11) is 1.66. The van der Waals surface area contributed by atoms with Gasteiger partial charge in [-0.3, -0.25) is 9.59 Å². The number of hydrogen-bond acceptors (Lipinski definition) is 2. The van der Waals surface area contributed by atoms with Gasteiger partial charge in [-0.25, -0.2) is 0 Å². The molecule has 0 saturated heterocycles. The van der Waals surface area contributed by atoms with Crippen molar-refractivity contribution in [1.29, 1.82) is 0 Å². The third-order valence-electron chi connectivity index (χ3n) is 3.31. The first-order valence-corrected chi connectivity index (χ1v) is 5.67. The summed E-state index contributed by atoms with van der Waals surface area (Å²) in [5.74, 6) is -1.25. The highest BCUT2D eigenvalue weighted by atomic mass is 16.4. The Hall–Kier alpha value is -1.78. The predicted molar refractivity (Wildman–Crippen MR) is 61.4 cm³/mol. The second-order valence-corrected chi connectivity index (χ2v) is 4.58. The number of amides is 1. The van der Waals surface area contributed by atoms with E-state index < -0.39 is 11.4 Å². The second kappa shape index (κ2) is 4.24. The summed E-state index contributed by atoms with van der Waals surface area (Å²) in [6.45, 7) is 0.547. The minimum Gasteiger partial charge on any atom is -0.480 e. The maximum absolute atomic E-state index is 12.0. The van der Waals surface area contributed by atoms with E-state index in [0.29, 0.717) is 19.4 Å². The maximum Gasteiger partial charge on any atom is 0.319 e. The number of rotatable bonds is 5. The summed E-state index contributed by atoms with van der Waals surface area (Å²) >= 11 is 0. The van der Waals surface area contributed by atoms with Crippen LogP contribution in [0.3, 0.4) is 0 Å². The summed E-state index contributed by atoms with van der Waals surface area (Å²) in [6, 6.07) is 1.95. The minimum atomic E-state index is -1.12. The Kier molecular flexibility index (Phi) is 2.92. The quantitative estimate of drug-likeness (QED) is 0.745. The summed E-state index contributed by atoms with van der Waals surface area (Å²) in [6.07, 6.45) is 5.38. The molecule has 1 aromatic rings. The van der Waals surface area contributed by atoms with Gasteiger partial charge in [-0.2, -0.15) is 0 Å². The van der Waals surface area contributed by atoms with Crippen molar-refractivity contribution in [3.05, 3.63) is 24.0 Å². The zero-order chi connectivity index (χ0) is 12.5. The van der Waals surface area contributed by atoms with Crippen LogP contribution in [0.4, 0.5) is 0 Å². The lowest BCUT2D eigenvalue weighted by Crippen LogP contribution is -2.39. The van der Waals surface area contributed by atoms with Crippen LogP contribution in [0.25, 0.3) is 0 Å². The average molecular weight is 236 g/mol. The van der Waals surface area contributed by atoms with Crippen molar-refractivity contribution >= 4 is 11.9 Å². The molecule has 2 rings (SSSR count). The number of carboxylic acid groups (broad SMARTS) is 1. The van der Waals surface area contributed by atoms with Gasteiger partial charge < -0.3 is 15.0 Å². The maximum atomic E-state index is 12.0. The first-order chi connectivity index (χ1) is 8.06. The van der Waals surface area contributed by atoms with Crippen LogP contribution in [0.15, 0.2) is 18.5 Å². The molecular formula is C12H16N2O3. The molecule has 92 valence electrons. The molecule has 0 radical (unpaired) electrons. The first kappa shape index (κ1) is 11.7. The standard InChI is InChI=1S/C12H16N2O3/c1-14(7-3-9-2-6-13-8-9)10(15)12(4-5-12)11(16)17/h2,6,8,13H,3-5,7H2,1H3,(H,16,17). The van der Waals surface area contributed by atoms with E-state index in [1.807, 2.05) is 18.5 Å². The lowest BCUT2D eigenvalue weighted by Gasteiger charge is -2.20. The summed E-state index contributed by atoms with van der Waals surface area (Å²) in [5.41, 5.74) is -0.00258. The van der Waals surface area contributed by atoms with E-state index in [1.54, 1.807) is 7.05 Å². The molecule has 5 heteroatoms. The van der Waals surface area contributed by atoms with Crippen molar-refractivity contribution in [3.8, 4) is 0 Å². The first-order valence-electron chi connectivity index (χ1n) is 5.67. The largest absolute Gasteiger partial charge is 0.480 e. The number of likely N-dealkylation sites (N-methyl/N-ethyl adjacent to an activating group) is 1. The molecule has 0 spiro atoms. The van der Waals surface area contributed by atoms with Crippen molar-refractivity contribution < 1.29 is 14.7 Å². The molecule has 1 amide bonds. The molecular weight excluding hydrogens is 220 g/mol. The number of H-pyrrole nitrogens is 1. The van der Waals surface area contributed by atoms with Gasteiger partial charge in [0.2, 0.25) is 5.91 Å². The molecule has 0 aliphatic heterocycles. The summed E-state index contributed by atoms with van der Waals surface area (Å²) < 4.78 is 0. The van der Waals surface area contributed by atoms with Gasteiger partial charge in [0.25, 0.3) is 0 Å². The fourth-order valence-electron chi connectivity index (χ4n) is 1.92. The van der Waals surface area contributed by atoms with Crippen molar-refractivity contribution in [1.82, 2.24) is 9.88 Å². The van der Waals surface area contributed by atoms with E-state index in [1.165, 1.54) is 4.90 Å². The molecule has 0 unspecified atom stereocenters. The van der Waals surface area contributed by atoms with E-state index >= 15 is 0 Å². The van der Waals surface area contributed by atoms with Gasteiger partial charge in [0.15, 0.2) is 0 Å². The monoisotopic (exact) mass is 236 g/mol. The number of carbonyl (C=O) groups excluding carboxylic acids is 1. The highest BCUT2D eigenvalue weighted by Crippen LogP contribution is 2.47. The Morgan fingerprint density at radius 3 is 2.71 bits per heavy atom. The number of hydrogen-bond donors (Lipinski definition) is 2. The molecule has 17 heavy (non-hydrogen) atoms. The molecule has 1 heterocycles. The topological polar surface area (TPSA) is 73.4 Å². The zero-order valence-electron chi connectivity index (χ0n) is 9.77. The third kappa shape index (κ3) is 2.18. The van der Waals surface area contributed by atoms with Gasteiger partial charge in [-0.1, -0.05) is 0 Å². The highest BCUT2D eigenvalue weighted by Gasteiger charge is 2.58. The van der Waals surface area contributed by atoms with Crippen molar-refractivity contribution in [2.24, 2.45) is 5.41 Å². The second-order valence-electron chi connectivity index (χ2n) is 4.58. The molecule has 1 aromatic heterocycles. The normalized spacial score (nSPS) is 16.5. The lowest BCUT2D eigenvalue weighted by atomic mass is 10.1. The van der Waals surface area contributed by atoms with Crippen LogP contribution in [-0.4, -0.2) is 40.5 Å². The van der Waals surface area contributed by atoms with Crippen LogP contribution in [-0.2, 0) is 16.0 Å². The van der Waals surface area contributed by atoms with E-state index in [0.717, 1.165) is 12.0 Å². The molecule has 5 nitrogen and oxygen atoms in total. The SMILES string of the molecule is CN(CCc1cc[nH]c1)C(=O)C1(C(=O)O)CC1. The zero-order valence-corrected chi connectivity index (χ0v) is 9.77.